The number of hydroxylamine groups is 1. The lowest BCUT2D eigenvalue weighted by molar-refractivity contribution is 0.184. The monoisotopic (exact) mass is 111 g/mol. The quantitative estimate of drug-likeness (QED) is 0.579. The number of hydrogen-bond donors (Lipinski definition) is 1. The summed E-state index contributed by atoms with van der Waals surface area (Å²) < 4.78 is 0. The van der Waals surface area contributed by atoms with Crippen LogP contribution in [0.5, 0.6) is 0 Å². The zero-order chi connectivity index (χ0) is 5.82. The highest BCUT2D eigenvalue weighted by Crippen LogP contribution is 2.10. The Kier molecular flexibility index (Phi) is 1.92. The predicted octanol–water partition coefficient (Wildman–Crippen LogP) is 1.24. The summed E-state index contributed by atoms with van der Waals surface area (Å²) in [5.41, 5.74) is 3.63. The van der Waals surface area contributed by atoms with E-state index in [-0.39, 0.29) is 0 Å². The van der Waals surface area contributed by atoms with Crippen molar-refractivity contribution in [2.75, 3.05) is 0 Å². The van der Waals surface area contributed by atoms with E-state index in [1.54, 1.807) is 6.26 Å². The molecule has 1 heterocycles. The molecule has 44 valence electrons. The summed E-state index contributed by atoms with van der Waals surface area (Å²) >= 11 is 0. The third kappa shape index (κ3) is 1.23. The summed E-state index contributed by atoms with van der Waals surface area (Å²) in [6.07, 6.45) is 3.88. The Labute approximate surface area is 49.5 Å². The molecule has 0 atom stereocenters. The molecule has 1 aliphatic heterocycles. The molecule has 0 fully saturated rings. The molecule has 0 aromatic rings. The van der Waals surface area contributed by atoms with Crippen LogP contribution in [0.1, 0.15) is 19.8 Å². The molecule has 0 unspecified atom stereocenters. The molecule has 0 saturated heterocycles. The Morgan fingerprint density at radius 1 is 1.88 bits per heavy atom. The molecule has 1 N–H and O–H groups in total. The molecule has 0 aromatic carbocycles. The summed E-state index contributed by atoms with van der Waals surface area (Å²) in [5, 5.41) is 0. The van der Waals surface area contributed by atoms with Crippen LogP contribution in [0, 0.1) is 6.54 Å². The maximum absolute atomic E-state index is 4.69. The molecule has 0 amide bonds. The van der Waals surface area contributed by atoms with E-state index >= 15 is 0 Å². The Morgan fingerprint density at radius 2 is 2.75 bits per heavy atom. The van der Waals surface area contributed by atoms with Gasteiger partial charge >= 0.3 is 0 Å². The maximum atomic E-state index is 4.69. The first-order chi connectivity index (χ1) is 3.93. The van der Waals surface area contributed by atoms with E-state index in [0.717, 1.165) is 18.4 Å². The first-order valence-corrected chi connectivity index (χ1v) is 2.79. The van der Waals surface area contributed by atoms with E-state index in [0.29, 0.717) is 0 Å². The van der Waals surface area contributed by atoms with Crippen molar-refractivity contribution in [3.8, 4) is 0 Å². The molecule has 2 heteroatoms. The lowest BCUT2D eigenvalue weighted by atomic mass is 10.2. The van der Waals surface area contributed by atoms with Gasteiger partial charge in [0.25, 0.3) is 0 Å². The van der Waals surface area contributed by atoms with E-state index < -0.39 is 0 Å². The molecule has 2 nitrogen and oxygen atoms in total. The third-order valence-corrected chi connectivity index (χ3v) is 0.991. The van der Waals surface area contributed by atoms with Crippen LogP contribution in [-0.4, -0.2) is 0 Å². The fraction of sp³-hybridized carbons (Fsp3) is 0.500. The minimum absolute atomic E-state index is 1.05. The minimum Gasteiger partial charge on any atom is -0.415 e. The summed E-state index contributed by atoms with van der Waals surface area (Å²) in [5.74, 6) is 0. The Morgan fingerprint density at radius 3 is 3.25 bits per heavy atom. The highest BCUT2D eigenvalue weighted by Gasteiger charge is 2.03. The molecule has 1 aliphatic rings. The van der Waals surface area contributed by atoms with Gasteiger partial charge in [-0.1, -0.05) is 13.3 Å². The number of rotatable bonds is 2. The van der Waals surface area contributed by atoms with Crippen LogP contribution in [0.2, 0.25) is 0 Å². The summed E-state index contributed by atoms with van der Waals surface area (Å²) in [6, 6.07) is 0. The summed E-state index contributed by atoms with van der Waals surface area (Å²) in [6.45, 7) is 4.97. The molecule has 1 rings (SSSR count). The number of hydrogen-bond acceptors (Lipinski definition) is 2. The van der Waals surface area contributed by atoms with Crippen molar-refractivity contribution in [3.63, 3.8) is 0 Å². The first-order valence-electron chi connectivity index (χ1n) is 2.79. The average molecular weight is 111 g/mol. The van der Waals surface area contributed by atoms with Crippen LogP contribution in [0.25, 0.3) is 0 Å². The van der Waals surface area contributed by atoms with E-state index in [4.69, 9.17) is 0 Å². The Hall–Kier alpha value is -0.500. The smallest absolute Gasteiger partial charge is 0.133 e. The second kappa shape index (κ2) is 2.72. The third-order valence-electron chi connectivity index (χ3n) is 0.991. The maximum Gasteiger partial charge on any atom is 0.133 e. The molecule has 2 radical (unpaired) electrons. The van der Waals surface area contributed by atoms with Crippen molar-refractivity contribution in [2.45, 2.75) is 19.8 Å². The molecule has 0 spiro atoms. The molecule has 0 bridgehead atoms. The Balaban J connectivity index is 2.23. The fourth-order valence-electron chi connectivity index (χ4n) is 0.616. The molecular weight excluding hydrogens is 102 g/mol. The lowest BCUT2D eigenvalue weighted by Crippen LogP contribution is -1.98. The largest absolute Gasteiger partial charge is 0.415 e. The van der Waals surface area contributed by atoms with Gasteiger partial charge in [0.15, 0.2) is 0 Å². The van der Waals surface area contributed by atoms with Crippen LogP contribution < -0.4 is 5.48 Å². The van der Waals surface area contributed by atoms with Crippen LogP contribution >= 0.6 is 0 Å². The summed E-state index contributed by atoms with van der Waals surface area (Å²) in [4.78, 5) is 4.69. The molecule has 8 heavy (non-hydrogen) atoms. The normalized spacial score (nSPS) is 17.9. The average Bonchev–Trinajstić information content (AvgIpc) is 2.19. The molecule has 0 aliphatic carbocycles. The standard InChI is InChI=1S/C6H9NO/c1-2-3-6-4-7-8-5-6/h5,7H,2-3H2,1H3. The van der Waals surface area contributed by atoms with Crippen molar-refractivity contribution in [1.82, 2.24) is 5.48 Å². The van der Waals surface area contributed by atoms with Gasteiger partial charge in [-0.3, -0.25) is 0 Å². The van der Waals surface area contributed by atoms with Crippen LogP contribution in [-0.2, 0) is 4.84 Å². The molecule has 0 saturated carbocycles. The van der Waals surface area contributed by atoms with Gasteiger partial charge in [0.2, 0.25) is 0 Å². The van der Waals surface area contributed by atoms with Crippen molar-refractivity contribution in [1.29, 1.82) is 0 Å². The molecular formula is C6H9NO. The topological polar surface area (TPSA) is 21.3 Å². The van der Waals surface area contributed by atoms with Crippen LogP contribution in [0.3, 0.4) is 0 Å². The zero-order valence-corrected chi connectivity index (χ0v) is 4.90. The highest BCUT2D eigenvalue weighted by molar-refractivity contribution is 5.11. The van der Waals surface area contributed by atoms with Crippen LogP contribution in [0.15, 0.2) is 11.8 Å². The van der Waals surface area contributed by atoms with Gasteiger partial charge in [-0.05, 0) is 12.0 Å². The van der Waals surface area contributed by atoms with Gasteiger partial charge in [-0.2, -0.15) is 0 Å². The van der Waals surface area contributed by atoms with E-state index in [1.165, 1.54) is 0 Å². The van der Waals surface area contributed by atoms with Crippen molar-refractivity contribution >= 4 is 0 Å². The highest BCUT2D eigenvalue weighted by atomic mass is 16.6. The lowest BCUT2D eigenvalue weighted by Gasteiger charge is -1.88. The zero-order valence-electron chi connectivity index (χ0n) is 4.90. The summed E-state index contributed by atoms with van der Waals surface area (Å²) in [7, 11) is 0. The van der Waals surface area contributed by atoms with Gasteiger partial charge in [0.05, 0.1) is 0 Å². The van der Waals surface area contributed by atoms with Gasteiger partial charge in [0.1, 0.15) is 12.8 Å². The first kappa shape index (κ1) is 5.63. The van der Waals surface area contributed by atoms with Crippen molar-refractivity contribution in [2.24, 2.45) is 0 Å². The van der Waals surface area contributed by atoms with E-state index in [1.807, 2.05) is 0 Å². The van der Waals surface area contributed by atoms with Crippen LogP contribution in [0.4, 0.5) is 0 Å². The predicted molar refractivity (Wildman–Crippen MR) is 30.5 cm³/mol. The SMILES string of the molecule is CCCC1=CON[C]1. The van der Waals surface area contributed by atoms with Gasteiger partial charge in [-0.25, -0.2) is 0 Å². The van der Waals surface area contributed by atoms with Gasteiger partial charge in [-0.15, -0.1) is 5.48 Å². The van der Waals surface area contributed by atoms with E-state index in [9.17, 15) is 0 Å². The second-order valence-electron chi connectivity index (χ2n) is 1.74. The van der Waals surface area contributed by atoms with Crippen molar-refractivity contribution in [3.05, 3.63) is 18.4 Å². The van der Waals surface area contributed by atoms with E-state index in [2.05, 4.69) is 23.8 Å². The number of nitrogens with one attached hydrogen (secondary N) is 1. The second-order valence-corrected chi connectivity index (χ2v) is 1.74. The van der Waals surface area contributed by atoms with Gasteiger partial charge < -0.3 is 4.84 Å². The van der Waals surface area contributed by atoms with Gasteiger partial charge in [0, 0.05) is 0 Å². The Bertz CT molecular complexity index is 98.7. The molecule has 0 aromatic heterocycles. The fourth-order valence-corrected chi connectivity index (χ4v) is 0.616. The minimum atomic E-state index is 1.05. The van der Waals surface area contributed by atoms with Crippen molar-refractivity contribution < 1.29 is 4.84 Å².